The highest BCUT2D eigenvalue weighted by Gasteiger charge is 2.22. The van der Waals surface area contributed by atoms with Crippen LogP contribution in [0.25, 0.3) is 0 Å². The second kappa shape index (κ2) is 6.28. The van der Waals surface area contributed by atoms with E-state index < -0.39 is 0 Å². The van der Waals surface area contributed by atoms with Crippen molar-refractivity contribution in [1.29, 1.82) is 0 Å². The maximum Gasteiger partial charge on any atom is 0.329 e. The number of aromatic nitrogens is 1. The molecule has 106 valence electrons. The number of carbonyl (C=O) groups excluding carboxylic acids is 1. The minimum atomic E-state index is -0.380. The zero-order valence-electron chi connectivity index (χ0n) is 11.7. The fourth-order valence-electron chi connectivity index (χ4n) is 2.22. The summed E-state index contributed by atoms with van der Waals surface area (Å²) in [6.07, 6.45) is 2.42. The number of ether oxygens (including phenoxy) is 1. The summed E-state index contributed by atoms with van der Waals surface area (Å²) in [4.78, 5) is 12.2. The van der Waals surface area contributed by atoms with Gasteiger partial charge in [-0.3, -0.25) is 0 Å². The number of aromatic hydroxyl groups is 1. The van der Waals surface area contributed by atoms with Crippen LogP contribution in [-0.4, -0.2) is 22.2 Å². The number of nitrogens with zero attached hydrogens (tertiary/aromatic N) is 1. The highest BCUT2D eigenvalue weighted by molar-refractivity contribution is 5.74. The topological polar surface area (TPSA) is 51.5 Å². The lowest BCUT2D eigenvalue weighted by molar-refractivity contribution is -0.147. The van der Waals surface area contributed by atoms with Gasteiger partial charge in [0.2, 0.25) is 0 Å². The van der Waals surface area contributed by atoms with Crippen molar-refractivity contribution in [2.75, 3.05) is 6.61 Å². The normalized spacial score (nSPS) is 12.1. The number of hydrogen-bond acceptors (Lipinski definition) is 3. The van der Waals surface area contributed by atoms with Gasteiger partial charge in [0.05, 0.1) is 6.61 Å². The Labute approximate surface area is 118 Å². The van der Waals surface area contributed by atoms with Gasteiger partial charge in [0.15, 0.2) is 0 Å². The summed E-state index contributed by atoms with van der Waals surface area (Å²) in [5.41, 5.74) is 2.00. The molecule has 4 nitrogen and oxygen atoms in total. The van der Waals surface area contributed by atoms with Crippen molar-refractivity contribution in [3.63, 3.8) is 0 Å². The molecule has 0 bridgehead atoms. The Morgan fingerprint density at radius 2 is 2.00 bits per heavy atom. The smallest absolute Gasteiger partial charge is 0.329 e. The summed E-state index contributed by atoms with van der Waals surface area (Å²) in [5.74, 6) is -0.0153. The zero-order valence-corrected chi connectivity index (χ0v) is 11.7. The Balaban J connectivity index is 2.25. The van der Waals surface area contributed by atoms with Crippen LogP contribution in [0.15, 0.2) is 42.6 Å². The number of rotatable bonds is 5. The summed E-state index contributed by atoms with van der Waals surface area (Å²) in [6, 6.07) is 10.4. The molecule has 4 heteroatoms. The summed E-state index contributed by atoms with van der Waals surface area (Å²) >= 11 is 0. The first-order valence-corrected chi connectivity index (χ1v) is 6.69. The van der Waals surface area contributed by atoms with Gasteiger partial charge in [0.25, 0.3) is 0 Å². The van der Waals surface area contributed by atoms with Gasteiger partial charge in [-0.1, -0.05) is 12.1 Å². The number of hydrogen-bond donors (Lipinski definition) is 1. The molecule has 20 heavy (non-hydrogen) atoms. The molecule has 0 fully saturated rings. The second-order valence-electron chi connectivity index (χ2n) is 4.70. The molecule has 0 aliphatic carbocycles. The van der Waals surface area contributed by atoms with E-state index in [1.165, 1.54) is 0 Å². The van der Waals surface area contributed by atoms with Crippen LogP contribution in [0.2, 0.25) is 0 Å². The van der Waals surface area contributed by atoms with Crippen molar-refractivity contribution in [2.24, 2.45) is 0 Å². The van der Waals surface area contributed by atoms with Gasteiger partial charge in [0, 0.05) is 18.3 Å². The fraction of sp³-hybridized carbons (Fsp3) is 0.312. The fourth-order valence-corrected chi connectivity index (χ4v) is 2.22. The van der Waals surface area contributed by atoms with E-state index >= 15 is 0 Å². The van der Waals surface area contributed by atoms with Gasteiger partial charge in [0.1, 0.15) is 11.8 Å². The lowest BCUT2D eigenvalue weighted by Gasteiger charge is -2.19. The number of esters is 1. The Bertz CT molecular complexity index is 572. The summed E-state index contributed by atoms with van der Waals surface area (Å²) in [5, 5.41) is 9.32. The van der Waals surface area contributed by atoms with Crippen molar-refractivity contribution in [3.8, 4) is 5.75 Å². The number of aryl methyl sites for hydroxylation is 1. The molecule has 0 aliphatic heterocycles. The Morgan fingerprint density at radius 3 is 2.55 bits per heavy atom. The first kappa shape index (κ1) is 14.2. The molecule has 0 aliphatic rings. The van der Waals surface area contributed by atoms with E-state index in [-0.39, 0.29) is 17.8 Å². The van der Waals surface area contributed by atoms with E-state index in [1.807, 2.05) is 42.0 Å². The summed E-state index contributed by atoms with van der Waals surface area (Å²) in [6.45, 7) is 4.13. The van der Waals surface area contributed by atoms with Crippen molar-refractivity contribution in [1.82, 2.24) is 4.57 Å². The maximum absolute atomic E-state index is 12.2. The van der Waals surface area contributed by atoms with E-state index in [2.05, 4.69) is 0 Å². The predicted molar refractivity (Wildman–Crippen MR) is 76.6 cm³/mol. The molecular formula is C16H19NO3. The second-order valence-corrected chi connectivity index (χ2v) is 4.70. The summed E-state index contributed by atoms with van der Waals surface area (Å²) < 4.78 is 7.09. The molecule has 1 atom stereocenters. The number of carbonyl (C=O) groups is 1. The monoisotopic (exact) mass is 273 g/mol. The third-order valence-electron chi connectivity index (χ3n) is 3.25. The number of phenolic OH excluding ortho intramolecular Hbond substituents is 1. The van der Waals surface area contributed by atoms with E-state index in [0.29, 0.717) is 13.0 Å². The lowest BCUT2D eigenvalue weighted by Crippen LogP contribution is -2.24. The van der Waals surface area contributed by atoms with Crippen LogP contribution in [0.4, 0.5) is 0 Å². The Kier molecular flexibility index (Phi) is 4.45. The van der Waals surface area contributed by atoms with Crippen molar-refractivity contribution in [3.05, 3.63) is 53.9 Å². The van der Waals surface area contributed by atoms with Crippen LogP contribution in [0.1, 0.15) is 24.2 Å². The zero-order chi connectivity index (χ0) is 14.5. The van der Waals surface area contributed by atoms with Crippen LogP contribution in [0, 0.1) is 6.92 Å². The molecule has 1 heterocycles. The van der Waals surface area contributed by atoms with Crippen LogP contribution in [0.3, 0.4) is 0 Å². The minimum absolute atomic E-state index is 0.221. The lowest BCUT2D eigenvalue weighted by atomic mass is 10.1. The van der Waals surface area contributed by atoms with Gasteiger partial charge in [-0.05, 0) is 43.7 Å². The van der Waals surface area contributed by atoms with Gasteiger partial charge in [-0.25, -0.2) is 4.79 Å². The standard InChI is InChI=1S/C16H19NO3/c1-3-20-16(19)15(17-10-4-5-12(17)2)11-13-6-8-14(18)9-7-13/h4-10,15,18H,3,11H2,1-2H3. The highest BCUT2D eigenvalue weighted by atomic mass is 16.5. The Hall–Kier alpha value is -2.23. The number of benzene rings is 1. The van der Waals surface area contributed by atoms with Crippen molar-refractivity contribution < 1.29 is 14.6 Å². The SMILES string of the molecule is CCOC(=O)C(Cc1ccc(O)cc1)n1cccc1C. The van der Waals surface area contributed by atoms with Crippen molar-refractivity contribution in [2.45, 2.75) is 26.3 Å². The van der Waals surface area contributed by atoms with Gasteiger partial charge >= 0.3 is 5.97 Å². The first-order chi connectivity index (χ1) is 9.61. The van der Waals surface area contributed by atoms with Gasteiger partial charge in [-0.2, -0.15) is 0 Å². The van der Waals surface area contributed by atoms with Crippen LogP contribution < -0.4 is 0 Å². The predicted octanol–water partition coefficient (Wildman–Crippen LogP) is 2.85. The highest BCUT2D eigenvalue weighted by Crippen LogP contribution is 2.20. The average molecular weight is 273 g/mol. The molecule has 0 saturated carbocycles. The minimum Gasteiger partial charge on any atom is -0.508 e. The van der Waals surface area contributed by atoms with Crippen LogP contribution in [-0.2, 0) is 16.0 Å². The third-order valence-corrected chi connectivity index (χ3v) is 3.25. The quantitative estimate of drug-likeness (QED) is 0.852. The molecule has 0 radical (unpaired) electrons. The molecule has 0 amide bonds. The Morgan fingerprint density at radius 1 is 1.30 bits per heavy atom. The van der Waals surface area contributed by atoms with E-state index in [0.717, 1.165) is 11.3 Å². The van der Waals surface area contributed by atoms with Crippen molar-refractivity contribution >= 4 is 5.97 Å². The third kappa shape index (κ3) is 3.20. The summed E-state index contributed by atoms with van der Waals surface area (Å²) in [7, 11) is 0. The van der Waals surface area contributed by atoms with Crippen LogP contribution >= 0.6 is 0 Å². The molecule has 1 N–H and O–H groups in total. The van der Waals surface area contributed by atoms with Gasteiger partial charge < -0.3 is 14.4 Å². The van der Waals surface area contributed by atoms with E-state index in [4.69, 9.17) is 4.74 Å². The molecule has 0 spiro atoms. The van der Waals surface area contributed by atoms with E-state index in [1.54, 1.807) is 19.1 Å². The largest absolute Gasteiger partial charge is 0.508 e. The molecule has 2 aromatic rings. The molecular weight excluding hydrogens is 254 g/mol. The van der Waals surface area contributed by atoms with E-state index in [9.17, 15) is 9.90 Å². The van der Waals surface area contributed by atoms with Crippen LogP contribution in [0.5, 0.6) is 5.75 Å². The van der Waals surface area contributed by atoms with Gasteiger partial charge in [-0.15, -0.1) is 0 Å². The maximum atomic E-state index is 12.2. The average Bonchev–Trinajstić information content (AvgIpc) is 2.84. The molecule has 1 aromatic carbocycles. The first-order valence-electron chi connectivity index (χ1n) is 6.69. The molecule has 1 aromatic heterocycles. The molecule has 1 unspecified atom stereocenters. The number of phenols is 1. The molecule has 2 rings (SSSR count). The molecule has 0 saturated heterocycles.